The first-order chi connectivity index (χ1) is 25.6. The zero-order chi connectivity index (χ0) is 40.3. The van der Waals surface area contributed by atoms with Crippen molar-refractivity contribution in [2.24, 2.45) is 50.7 Å². The molecule has 2 unspecified atom stereocenters. The topological polar surface area (TPSA) is 103 Å². The molecule has 0 spiro atoms. The molecule has 1 N–H and O–H groups in total. The number of carboxylic acid groups (broad SMARTS) is 1. The number of aromatic nitrogens is 3. The fourth-order valence-electron chi connectivity index (χ4n) is 13.8. The predicted octanol–water partition coefficient (Wildman–Crippen LogP) is 10.3. The van der Waals surface area contributed by atoms with Gasteiger partial charge in [0.2, 0.25) is 0 Å². The van der Waals surface area contributed by atoms with Crippen molar-refractivity contribution < 1.29 is 19.4 Å². The van der Waals surface area contributed by atoms with Crippen molar-refractivity contribution in [3.05, 3.63) is 69.0 Å². The summed E-state index contributed by atoms with van der Waals surface area (Å²) in [5.74, 6) is 1.84. The minimum atomic E-state index is -0.927. The largest absolute Gasteiger partial charge is 0.495 e. The third-order valence-corrected chi connectivity index (χ3v) is 16.8. The molecule has 0 bridgehead atoms. The van der Waals surface area contributed by atoms with Gasteiger partial charge in [0.1, 0.15) is 6.10 Å². The fraction of sp³-hybridized carbons (Fsp3) is 0.696. The number of ketones is 1. The Labute approximate surface area is 333 Å². The number of ether oxygens (including phenoxy) is 1. The molecule has 0 aromatic carbocycles. The van der Waals surface area contributed by atoms with Crippen LogP contribution in [0.15, 0.2) is 52.7 Å². The Morgan fingerprint density at radius 3 is 2.35 bits per heavy atom. The first-order valence-corrected chi connectivity index (χ1v) is 21.3. The van der Waals surface area contributed by atoms with Crippen LogP contribution in [0, 0.1) is 50.7 Å². The van der Waals surface area contributed by atoms with E-state index in [0.29, 0.717) is 47.8 Å². The van der Waals surface area contributed by atoms with Crippen LogP contribution in [0.4, 0.5) is 0 Å². The number of aliphatic carboxylic acids is 1. The molecule has 9 heteroatoms. The highest BCUT2D eigenvalue weighted by molar-refractivity contribution is 6.30. The third-order valence-electron chi connectivity index (χ3n) is 16.6. The van der Waals surface area contributed by atoms with Gasteiger partial charge >= 0.3 is 5.97 Å². The molecular formula is C46H64ClN3O5. The van der Waals surface area contributed by atoms with Crippen molar-refractivity contribution in [3.63, 3.8) is 0 Å². The average molecular weight is 774 g/mol. The molecule has 2 aromatic rings. The van der Waals surface area contributed by atoms with Crippen LogP contribution in [-0.4, -0.2) is 37.3 Å². The van der Waals surface area contributed by atoms with Crippen LogP contribution in [0.2, 0.25) is 5.02 Å². The first-order valence-electron chi connectivity index (χ1n) is 20.9. The van der Waals surface area contributed by atoms with Crippen molar-refractivity contribution in [1.29, 1.82) is 0 Å². The van der Waals surface area contributed by atoms with Gasteiger partial charge in [-0.15, -0.1) is 0 Å². The van der Waals surface area contributed by atoms with Gasteiger partial charge in [0.15, 0.2) is 11.6 Å². The maximum Gasteiger partial charge on any atom is 0.309 e. The molecule has 8 atom stereocenters. The van der Waals surface area contributed by atoms with Crippen LogP contribution in [0.3, 0.4) is 0 Å². The highest BCUT2D eigenvalue weighted by Gasteiger charge is 2.70. The van der Waals surface area contributed by atoms with Gasteiger partial charge in [0.05, 0.1) is 21.9 Å². The summed E-state index contributed by atoms with van der Waals surface area (Å²) in [6.07, 6.45) is 10.5. The number of allylic oxidation sites excluding steroid dienone is 3. The van der Waals surface area contributed by atoms with E-state index in [-0.39, 0.29) is 50.9 Å². The van der Waals surface area contributed by atoms with Gasteiger partial charge < -0.3 is 9.84 Å². The maximum absolute atomic E-state index is 14.4. The van der Waals surface area contributed by atoms with E-state index < -0.39 is 16.8 Å². The lowest BCUT2D eigenvalue weighted by atomic mass is 9.33. The molecule has 7 rings (SSSR count). The third kappa shape index (κ3) is 5.71. The van der Waals surface area contributed by atoms with Gasteiger partial charge in [0.25, 0.3) is 5.56 Å². The smallest absolute Gasteiger partial charge is 0.309 e. The van der Waals surface area contributed by atoms with Gasteiger partial charge in [-0.25, -0.2) is 4.98 Å². The van der Waals surface area contributed by atoms with Crippen LogP contribution in [0.5, 0.6) is 0 Å². The number of Topliss-reactive ketones (excluding diaryl/α,β-unsaturated/α-hetero) is 1. The molecule has 0 aliphatic heterocycles. The van der Waals surface area contributed by atoms with E-state index >= 15 is 0 Å². The van der Waals surface area contributed by atoms with E-state index in [1.165, 1.54) is 5.57 Å². The number of carboxylic acids is 1. The Hall–Kier alpha value is -3.13. The highest BCUT2D eigenvalue weighted by atomic mass is 35.5. The molecular weight excluding hydrogens is 710 g/mol. The number of carbonyl (C=O) groups is 2. The Kier molecular flexibility index (Phi) is 9.63. The summed E-state index contributed by atoms with van der Waals surface area (Å²) in [4.78, 5) is 44.8. The van der Waals surface area contributed by atoms with E-state index in [4.69, 9.17) is 16.3 Å². The molecule has 2 heterocycles. The van der Waals surface area contributed by atoms with Crippen molar-refractivity contribution in [1.82, 2.24) is 14.3 Å². The SMILES string of the molecule is C=C(CC(C)(C)C(=O)O)OC1CC[C@]2(C)[C@H]3CC[C@@H]4C5=C(C(C)C)C(=O)CC5(c5cc(=O)n(-c6ccc(Cl)cn6)n5CC)CC[C@@]4(C)[C@]3(C)CC[C@H]2C1(C)C. The number of pyridine rings is 1. The molecule has 2 aromatic heterocycles. The Bertz CT molecular complexity index is 2000. The van der Waals surface area contributed by atoms with Crippen LogP contribution in [0.1, 0.15) is 139 Å². The number of rotatable bonds is 9. The second kappa shape index (κ2) is 13.2. The summed E-state index contributed by atoms with van der Waals surface area (Å²) in [5, 5.41) is 10.3. The van der Waals surface area contributed by atoms with Crippen molar-refractivity contribution in [2.75, 3.05) is 0 Å². The number of hydrogen-bond acceptors (Lipinski definition) is 5. The lowest BCUT2D eigenvalue weighted by Gasteiger charge is -2.72. The van der Waals surface area contributed by atoms with E-state index in [0.717, 1.165) is 62.6 Å². The van der Waals surface area contributed by atoms with E-state index in [9.17, 15) is 19.5 Å². The van der Waals surface area contributed by atoms with Crippen molar-refractivity contribution >= 4 is 23.4 Å². The minimum Gasteiger partial charge on any atom is -0.495 e. The Morgan fingerprint density at radius 1 is 1.02 bits per heavy atom. The molecule has 0 radical (unpaired) electrons. The fourth-order valence-corrected chi connectivity index (χ4v) is 14.0. The minimum absolute atomic E-state index is 0.0101. The van der Waals surface area contributed by atoms with E-state index in [1.54, 1.807) is 42.9 Å². The first kappa shape index (κ1) is 40.1. The molecule has 8 nitrogen and oxygen atoms in total. The quantitative estimate of drug-likeness (QED) is 0.255. The highest BCUT2D eigenvalue weighted by Crippen LogP contribution is 2.77. The Morgan fingerprint density at radius 2 is 1.73 bits per heavy atom. The van der Waals surface area contributed by atoms with E-state index in [1.807, 2.05) is 0 Å². The van der Waals surface area contributed by atoms with Crippen molar-refractivity contribution in [3.8, 4) is 5.82 Å². The zero-order valence-corrected chi connectivity index (χ0v) is 35.7. The number of hydrogen-bond donors (Lipinski definition) is 1. The molecule has 5 aliphatic carbocycles. The second-order valence-corrected chi connectivity index (χ2v) is 20.8. The number of nitrogens with zero attached hydrogens (tertiary/aromatic N) is 3. The monoisotopic (exact) mass is 773 g/mol. The average Bonchev–Trinajstić information content (AvgIpc) is 3.60. The molecule has 300 valence electrons. The van der Waals surface area contributed by atoms with Gasteiger partial charge in [-0.05, 0) is 135 Å². The standard InChI is InChI=1S/C46H64ClN3O5/c1-12-49-34(23-37(52)50(49)36-16-13-29(47)26-48-36)46-22-21-44(10)30(39(46)38(27(2)3)31(51)25-46)14-15-33-43(9)19-18-35(55-28(4)24-41(5,6)40(53)54)42(7,8)32(43)17-20-45(33,44)11/h13,16,23,26-27,30,32-33,35H,4,12,14-15,17-22,24-25H2,1-3,5-11H3,(H,53,54)/t30-,32+,33-,35?,43+,44-,45-,46?/m1/s1. The number of halogens is 1. The maximum atomic E-state index is 14.4. The summed E-state index contributed by atoms with van der Waals surface area (Å²) in [7, 11) is 0. The second-order valence-electron chi connectivity index (χ2n) is 20.4. The molecule has 5 aliphatic rings. The van der Waals surface area contributed by atoms with Gasteiger partial charge in [-0.1, -0.05) is 66.6 Å². The molecule has 55 heavy (non-hydrogen) atoms. The summed E-state index contributed by atoms with van der Waals surface area (Å²) < 4.78 is 10.4. The zero-order valence-electron chi connectivity index (χ0n) is 35.0. The number of fused-ring (bicyclic) bond motifs is 7. The summed E-state index contributed by atoms with van der Waals surface area (Å²) >= 11 is 6.20. The van der Waals surface area contributed by atoms with Crippen molar-refractivity contribution in [2.45, 2.75) is 152 Å². The van der Waals surface area contributed by atoms with Crippen LogP contribution >= 0.6 is 11.6 Å². The van der Waals surface area contributed by atoms with Crippen LogP contribution in [0.25, 0.3) is 5.82 Å². The van der Waals surface area contributed by atoms with Gasteiger partial charge in [-0.2, -0.15) is 4.68 Å². The summed E-state index contributed by atoms with van der Waals surface area (Å²) in [5.41, 5.74) is 1.78. The predicted molar refractivity (Wildman–Crippen MR) is 217 cm³/mol. The van der Waals surface area contributed by atoms with Crippen LogP contribution in [-0.2, 0) is 26.3 Å². The number of carbonyl (C=O) groups excluding carboxylic acids is 1. The molecule has 0 amide bonds. The van der Waals surface area contributed by atoms with E-state index in [2.05, 4.69) is 71.6 Å². The van der Waals surface area contributed by atoms with Gasteiger partial charge in [0, 0.05) is 42.5 Å². The molecule has 0 saturated heterocycles. The van der Waals surface area contributed by atoms with Gasteiger partial charge in [-0.3, -0.25) is 19.1 Å². The summed E-state index contributed by atoms with van der Waals surface area (Å²) in [6, 6.07) is 5.36. The summed E-state index contributed by atoms with van der Waals surface area (Å²) in [6.45, 7) is 27.2. The molecule has 4 fully saturated rings. The lowest BCUT2D eigenvalue weighted by molar-refractivity contribution is -0.229. The normalized spacial score (nSPS) is 35.5. The lowest BCUT2D eigenvalue weighted by Crippen LogP contribution is -2.66. The molecule has 4 saturated carbocycles. The van der Waals surface area contributed by atoms with Crippen LogP contribution < -0.4 is 5.56 Å². The Balaban J connectivity index is 1.25.